The van der Waals surface area contributed by atoms with E-state index in [1.165, 1.54) is 0 Å². The first-order valence-corrected chi connectivity index (χ1v) is 5.79. The lowest BCUT2D eigenvalue weighted by atomic mass is 10.1. The third-order valence-corrected chi connectivity index (χ3v) is 3.11. The van der Waals surface area contributed by atoms with Gasteiger partial charge in [-0.25, -0.2) is 4.79 Å². The molecule has 1 saturated heterocycles. The number of likely N-dealkylation sites (tertiary alicyclic amines) is 1. The zero-order valence-electron chi connectivity index (χ0n) is 9.85. The van der Waals surface area contributed by atoms with Crippen LogP contribution in [0.5, 0.6) is 0 Å². The van der Waals surface area contributed by atoms with E-state index in [0.29, 0.717) is 18.8 Å². The Bertz CT molecular complexity index is 413. The number of aromatic carboxylic acids is 1. The van der Waals surface area contributed by atoms with Crippen molar-refractivity contribution in [2.24, 2.45) is 0 Å². The average Bonchev–Trinajstić information content (AvgIpc) is 2.61. The van der Waals surface area contributed by atoms with Crippen LogP contribution < -0.4 is 0 Å². The van der Waals surface area contributed by atoms with Gasteiger partial charge in [0.25, 0.3) is 0 Å². The Balaban J connectivity index is 2.05. The quantitative estimate of drug-likeness (QED) is 0.830. The zero-order valence-corrected chi connectivity index (χ0v) is 9.85. The fraction of sp³-hybridized carbons (Fsp3) is 0.583. The molecule has 1 aliphatic rings. The lowest BCUT2D eigenvalue weighted by molar-refractivity contribution is 0.0659. The molecule has 17 heavy (non-hydrogen) atoms. The summed E-state index contributed by atoms with van der Waals surface area (Å²) >= 11 is 0. The Labute approximate surface area is 99.6 Å². The van der Waals surface area contributed by atoms with Gasteiger partial charge < -0.3 is 14.6 Å². The van der Waals surface area contributed by atoms with Crippen molar-refractivity contribution in [3.63, 3.8) is 0 Å². The molecule has 1 unspecified atom stereocenters. The second-order valence-electron chi connectivity index (χ2n) is 4.53. The summed E-state index contributed by atoms with van der Waals surface area (Å²) in [6.45, 7) is 3.99. The van der Waals surface area contributed by atoms with Crippen LogP contribution in [0.2, 0.25) is 0 Å². The molecule has 0 bridgehead atoms. The van der Waals surface area contributed by atoms with Crippen LogP contribution in [-0.4, -0.2) is 40.3 Å². The number of aliphatic hydroxyl groups is 1. The minimum absolute atomic E-state index is 0.0185. The highest BCUT2D eigenvalue weighted by molar-refractivity contribution is 5.84. The van der Waals surface area contributed by atoms with Crippen molar-refractivity contribution in [2.75, 3.05) is 13.1 Å². The molecule has 1 fully saturated rings. The van der Waals surface area contributed by atoms with Gasteiger partial charge in [0.1, 0.15) is 5.76 Å². The fourth-order valence-corrected chi connectivity index (χ4v) is 2.20. The van der Waals surface area contributed by atoms with Crippen LogP contribution in [0.1, 0.15) is 34.7 Å². The Morgan fingerprint density at radius 2 is 2.41 bits per heavy atom. The number of furan rings is 1. The minimum Gasteiger partial charge on any atom is -0.475 e. The molecule has 1 aromatic rings. The van der Waals surface area contributed by atoms with Gasteiger partial charge in [-0.1, -0.05) is 0 Å². The van der Waals surface area contributed by atoms with Gasteiger partial charge in [-0.05, 0) is 32.4 Å². The monoisotopic (exact) mass is 239 g/mol. The van der Waals surface area contributed by atoms with E-state index < -0.39 is 5.97 Å². The van der Waals surface area contributed by atoms with Crippen LogP contribution in [0.25, 0.3) is 0 Å². The highest BCUT2D eigenvalue weighted by Crippen LogP contribution is 2.19. The third-order valence-electron chi connectivity index (χ3n) is 3.11. The molecule has 1 aliphatic heterocycles. The van der Waals surface area contributed by atoms with Crippen molar-refractivity contribution >= 4 is 5.97 Å². The van der Waals surface area contributed by atoms with Gasteiger partial charge in [0, 0.05) is 18.7 Å². The summed E-state index contributed by atoms with van der Waals surface area (Å²) in [5.74, 6) is -0.421. The Morgan fingerprint density at radius 3 is 3.00 bits per heavy atom. The molecule has 2 N–H and O–H groups in total. The number of piperidine rings is 1. The Morgan fingerprint density at radius 1 is 1.65 bits per heavy atom. The van der Waals surface area contributed by atoms with Crippen molar-refractivity contribution in [3.05, 3.63) is 23.2 Å². The van der Waals surface area contributed by atoms with Crippen molar-refractivity contribution in [1.82, 2.24) is 4.90 Å². The summed E-state index contributed by atoms with van der Waals surface area (Å²) in [6, 6.07) is 1.57. The molecule has 0 aliphatic carbocycles. The van der Waals surface area contributed by atoms with E-state index in [1.54, 1.807) is 13.0 Å². The topological polar surface area (TPSA) is 73.9 Å². The Kier molecular flexibility index (Phi) is 3.49. The fourth-order valence-electron chi connectivity index (χ4n) is 2.20. The third kappa shape index (κ3) is 2.87. The van der Waals surface area contributed by atoms with E-state index in [-0.39, 0.29) is 11.9 Å². The number of carboxylic acids is 1. The molecule has 1 atom stereocenters. The van der Waals surface area contributed by atoms with Crippen LogP contribution in [0, 0.1) is 6.92 Å². The van der Waals surface area contributed by atoms with E-state index in [4.69, 9.17) is 9.52 Å². The van der Waals surface area contributed by atoms with Gasteiger partial charge in [-0.2, -0.15) is 0 Å². The molecule has 5 heteroatoms. The maximum Gasteiger partial charge on any atom is 0.371 e. The van der Waals surface area contributed by atoms with Gasteiger partial charge >= 0.3 is 5.97 Å². The number of nitrogens with zero attached hydrogens (tertiary/aromatic N) is 1. The first kappa shape index (κ1) is 12.1. The lowest BCUT2D eigenvalue weighted by Crippen LogP contribution is -2.37. The van der Waals surface area contributed by atoms with Crippen molar-refractivity contribution in [1.29, 1.82) is 0 Å². The van der Waals surface area contributed by atoms with Crippen LogP contribution >= 0.6 is 0 Å². The van der Waals surface area contributed by atoms with Gasteiger partial charge in [0.05, 0.1) is 6.10 Å². The van der Waals surface area contributed by atoms with E-state index >= 15 is 0 Å². The predicted octanol–water partition coefficient (Wildman–Crippen LogP) is 1.24. The van der Waals surface area contributed by atoms with Crippen LogP contribution in [0.3, 0.4) is 0 Å². The minimum atomic E-state index is -1.04. The zero-order chi connectivity index (χ0) is 12.4. The molecular weight excluding hydrogens is 222 g/mol. The van der Waals surface area contributed by atoms with Crippen molar-refractivity contribution in [2.45, 2.75) is 32.4 Å². The van der Waals surface area contributed by atoms with Crippen LogP contribution in [0.15, 0.2) is 10.5 Å². The summed E-state index contributed by atoms with van der Waals surface area (Å²) in [6.07, 6.45) is 1.56. The number of rotatable bonds is 3. The van der Waals surface area contributed by atoms with Crippen molar-refractivity contribution in [3.8, 4) is 0 Å². The maximum atomic E-state index is 10.8. The molecule has 2 rings (SSSR count). The second-order valence-corrected chi connectivity index (χ2v) is 4.53. The first-order chi connectivity index (χ1) is 8.06. The molecule has 0 aromatic carbocycles. The largest absolute Gasteiger partial charge is 0.475 e. The number of aryl methyl sites for hydroxylation is 1. The number of β-amino-alcohol motifs (C(OH)–C–C–N with tert-alkyl or cyclic N) is 1. The van der Waals surface area contributed by atoms with E-state index in [9.17, 15) is 9.90 Å². The molecule has 0 spiro atoms. The summed E-state index contributed by atoms with van der Waals surface area (Å²) in [5.41, 5.74) is 0.886. The van der Waals surface area contributed by atoms with Gasteiger partial charge in [0.15, 0.2) is 0 Å². The number of carboxylic acid groups (broad SMARTS) is 1. The SMILES string of the molecule is Cc1oc(C(=O)O)cc1CN1CCCC(O)C1. The molecule has 5 nitrogen and oxygen atoms in total. The number of carbonyl (C=O) groups is 1. The maximum absolute atomic E-state index is 10.8. The summed E-state index contributed by atoms with van der Waals surface area (Å²) in [4.78, 5) is 12.9. The molecule has 0 radical (unpaired) electrons. The Hall–Kier alpha value is -1.33. The number of aliphatic hydroxyl groups excluding tert-OH is 1. The van der Waals surface area contributed by atoms with E-state index in [1.807, 2.05) is 0 Å². The molecule has 94 valence electrons. The molecular formula is C12H17NO4. The standard InChI is InChI=1S/C12H17NO4/c1-8-9(5-11(17-8)12(15)16)6-13-4-2-3-10(14)7-13/h5,10,14H,2-4,6-7H2,1H3,(H,15,16). The first-order valence-electron chi connectivity index (χ1n) is 5.79. The van der Waals surface area contributed by atoms with Gasteiger partial charge in [-0.3, -0.25) is 4.90 Å². The van der Waals surface area contributed by atoms with Gasteiger partial charge in [-0.15, -0.1) is 0 Å². The highest BCUT2D eigenvalue weighted by atomic mass is 16.4. The molecule has 0 amide bonds. The number of hydrogen-bond donors (Lipinski definition) is 2. The lowest BCUT2D eigenvalue weighted by Gasteiger charge is -2.29. The average molecular weight is 239 g/mol. The van der Waals surface area contributed by atoms with Gasteiger partial charge in [0.2, 0.25) is 5.76 Å². The summed E-state index contributed by atoms with van der Waals surface area (Å²) < 4.78 is 5.16. The van der Waals surface area contributed by atoms with Crippen LogP contribution in [-0.2, 0) is 6.54 Å². The molecule has 0 saturated carbocycles. The normalized spacial score (nSPS) is 21.6. The summed E-state index contributed by atoms with van der Waals surface area (Å²) in [7, 11) is 0. The predicted molar refractivity (Wildman–Crippen MR) is 60.9 cm³/mol. The van der Waals surface area contributed by atoms with Crippen LogP contribution in [0.4, 0.5) is 0 Å². The molecule has 1 aromatic heterocycles. The van der Waals surface area contributed by atoms with E-state index in [0.717, 1.165) is 24.9 Å². The smallest absolute Gasteiger partial charge is 0.371 e. The summed E-state index contributed by atoms with van der Waals surface area (Å²) in [5, 5.41) is 18.4. The number of hydrogen-bond acceptors (Lipinski definition) is 4. The van der Waals surface area contributed by atoms with E-state index in [2.05, 4.69) is 4.90 Å². The molecule has 2 heterocycles. The second kappa shape index (κ2) is 4.89. The highest BCUT2D eigenvalue weighted by Gasteiger charge is 2.20. The van der Waals surface area contributed by atoms with Crippen molar-refractivity contribution < 1.29 is 19.4 Å².